The van der Waals surface area contributed by atoms with Crippen LogP contribution in [0.5, 0.6) is 5.75 Å². The minimum Gasteiger partial charge on any atom is -0.496 e. The highest BCUT2D eigenvalue weighted by Gasteiger charge is 2.53. The van der Waals surface area contributed by atoms with Crippen molar-refractivity contribution >= 4 is 28.7 Å². The third-order valence-electron chi connectivity index (χ3n) is 9.01. The highest BCUT2D eigenvalue weighted by atomic mass is 16.5. The minimum atomic E-state index is -0.944. The van der Waals surface area contributed by atoms with Gasteiger partial charge in [0.2, 0.25) is 5.91 Å². The zero-order valence-electron chi connectivity index (χ0n) is 26.4. The molecule has 3 amide bonds. The van der Waals surface area contributed by atoms with Gasteiger partial charge in [-0.15, -0.1) is 0 Å². The third kappa shape index (κ3) is 6.51. The zero-order chi connectivity index (χ0) is 30.9. The van der Waals surface area contributed by atoms with Gasteiger partial charge in [-0.25, -0.2) is 9.59 Å². The molecule has 0 saturated carbocycles. The van der Waals surface area contributed by atoms with Gasteiger partial charge in [-0.2, -0.15) is 0 Å². The number of nitrogens with zero attached hydrogens (tertiary/aromatic N) is 1. The van der Waals surface area contributed by atoms with Crippen molar-refractivity contribution in [2.45, 2.75) is 84.4 Å². The first-order valence-electron chi connectivity index (χ1n) is 14.8. The number of nitrogens with one attached hydrogen (secondary N) is 2. The first-order chi connectivity index (χ1) is 19.7. The maximum atomic E-state index is 14.2. The number of esters is 1. The summed E-state index contributed by atoms with van der Waals surface area (Å²) in [5, 5.41) is 7.95. The van der Waals surface area contributed by atoms with E-state index in [1.807, 2.05) is 32.9 Å². The van der Waals surface area contributed by atoms with Gasteiger partial charge >= 0.3 is 12.0 Å². The lowest BCUT2D eigenvalue weighted by molar-refractivity contribution is -0.152. The predicted molar refractivity (Wildman–Crippen MR) is 162 cm³/mol. The van der Waals surface area contributed by atoms with Crippen molar-refractivity contribution in [3.63, 3.8) is 0 Å². The summed E-state index contributed by atoms with van der Waals surface area (Å²) in [6.45, 7) is 10.7. The number of hydrogen-bond donors (Lipinski definition) is 2. The topological polar surface area (TPSA) is 106 Å². The second-order valence-electron chi connectivity index (χ2n) is 13.6. The molecule has 2 N–H and O–H groups in total. The fraction of sp³-hybridized carbons (Fsp3) is 0.606. The van der Waals surface area contributed by atoms with Gasteiger partial charge in [0, 0.05) is 20.1 Å². The van der Waals surface area contributed by atoms with E-state index in [0.717, 1.165) is 53.3 Å². The Balaban J connectivity index is 1.84. The summed E-state index contributed by atoms with van der Waals surface area (Å²) in [5.74, 6) is -0.00930. The molecule has 42 heavy (non-hydrogen) atoms. The van der Waals surface area contributed by atoms with E-state index in [9.17, 15) is 14.4 Å². The Labute approximate surface area is 249 Å². The van der Waals surface area contributed by atoms with Crippen LogP contribution in [0.3, 0.4) is 0 Å². The highest BCUT2D eigenvalue weighted by Crippen LogP contribution is 2.42. The van der Waals surface area contributed by atoms with Crippen molar-refractivity contribution in [2.75, 3.05) is 34.4 Å². The molecule has 0 radical (unpaired) electrons. The molecule has 4 rings (SSSR count). The maximum absolute atomic E-state index is 14.2. The Bertz CT molecular complexity index is 1330. The summed E-state index contributed by atoms with van der Waals surface area (Å²) in [6.07, 6.45) is 3.83. The molecule has 9 nitrogen and oxygen atoms in total. The van der Waals surface area contributed by atoms with Crippen LogP contribution in [0.4, 0.5) is 4.79 Å². The highest BCUT2D eigenvalue weighted by molar-refractivity contribution is 5.92. The third-order valence-corrected chi connectivity index (χ3v) is 9.01. The average Bonchev–Trinajstić information content (AvgIpc) is 3.34. The van der Waals surface area contributed by atoms with Gasteiger partial charge in [-0.05, 0) is 76.6 Å². The molecule has 230 valence electrons. The first-order valence-corrected chi connectivity index (χ1v) is 14.8. The Morgan fingerprint density at radius 2 is 1.76 bits per heavy atom. The SMILES string of the molecule is COC(=O)[C@@H]1C[C@]2(OC)CN1C(=O)[C@H](C(C)(C)C)NC(=O)NCCC(C)(C)CCCc1cc3cc2ccc3cc1OC. The standard InChI is InChI=1S/C33H47N3O6/c1-31(2,3)27-28(37)36-20-33(42-8,19-25(36)29(38)41-7)24-12-11-21-18-26(40-6)22(16-23(21)17-24)10-9-13-32(4,5)14-15-34-30(39)35-27/h11-12,16-18,25,27H,9-10,13-15,19-20H2,1-8H3,(H2,34,35,39)/t25-,27+,33-/m0/s1. The van der Waals surface area contributed by atoms with Gasteiger partial charge < -0.3 is 29.7 Å². The number of hydrogen-bond acceptors (Lipinski definition) is 6. The number of rotatable bonds is 3. The van der Waals surface area contributed by atoms with E-state index in [1.54, 1.807) is 14.2 Å². The number of aryl methyl sites for hydroxylation is 1. The fourth-order valence-corrected chi connectivity index (χ4v) is 6.31. The number of amides is 3. The minimum absolute atomic E-state index is 0.0101. The van der Waals surface area contributed by atoms with Crippen molar-refractivity contribution in [3.05, 3.63) is 41.5 Å². The van der Waals surface area contributed by atoms with E-state index in [-0.39, 0.29) is 24.3 Å². The van der Waals surface area contributed by atoms with E-state index in [2.05, 4.69) is 42.7 Å². The van der Waals surface area contributed by atoms with Crippen LogP contribution in [-0.4, -0.2) is 69.3 Å². The summed E-state index contributed by atoms with van der Waals surface area (Å²) >= 11 is 0. The number of benzene rings is 2. The van der Waals surface area contributed by atoms with Crippen LogP contribution in [0.15, 0.2) is 30.3 Å². The fourth-order valence-electron chi connectivity index (χ4n) is 6.31. The average molecular weight is 582 g/mol. The van der Waals surface area contributed by atoms with Crippen molar-refractivity contribution in [1.29, 1.82) is 0 Å². The van der Waals surface area contributed by atoms with Crippen molar-refractivity contribution in [3.8, 4) is 5.75 Å². The molecule has 2 heterocycles. The molecule has 2 aliphatic rings. The Kier molecular flexibility index (Phi) is 9.11. The molecule has 0 spiro atoms. The lowest BCUT2D eigenvalue weighted by atomic mass is 9.83. The van der Waals surface area contributed by atoms with Crippen molar-refractivity contribution in [2.24, 2.45) is 10.8 Å². The van der Waals surface area contributed by atoms with Gasteiger partial charge in [0.1, 0.15) is 23.4 Å². The second-order valence-corrected chi connectivity index (χ2v) is 13.6. The van der Waals surface area contributed by atoms with Crippen LogP contribution >= 0.6 is 0 Å². The summed E-state index contributed by atoms with van der Waals surface area (Å²) in [7, 11) is 4.63. The Hall–Kier alpha value is -3.33. The normalized spacial score (nSPS) is 25.4. The van der Waals surface area contributed by atoms with Crippen LogP contribution in [0, 0.1) is 10.8 Å². The smallest absolute Gasteiger partial charge is 0.328 e. The zero-order valence-corrected chi connectivity index (χ0v) is 26.4. The van der Waals surface area contributed by atoms with Crippen LogP contribution in [0.2, 0.25) is 0 Å². The maximum Gasteiger partial charge on any atom is 0.328 e. The van der Waals surface area contributed by atoms with Crippen LogP contribution in [0.1, 0.15) is 71.4 Å². The molecule has 2 aromatic rings. The van der Waals surface area contributed by atoms with Gasteiger partial charge in [-0.3, -0.25) is 4.79 Å². The lowest BCUT2D eigenvalue weighted by Crippen LogP contribution is -2.58. The molecule has 2 aliphatic heterocycles. The van der Waals surface area contributed by atoms with Gasteiger partial charge in [-0.1, -0.05) is 46.8 Å². The molecule has 3 atom stereocenters. The van der Waals surface area contributed by atoms with E-state index < -0.39 is 35.1 Å². The molecule has 1 fully saturated rings. The largest absolute Gasteiger partial charge is 0.496 e. The first kappa shape index (κ1) is 31.6. The van der Waals surface area contributed by atoms with Crippen molar-refractivity contribution < 1.29 is 28.6 Å². The molecule has 5 bridgehead atoms. The van der Waals surface area contributed by atoms with Gasteiger partial charge in [0.15, 0.2) is 0 Å². The Morgan fingerprint density at radius 1 is 1.02 bits per heavy atom. The Morgan fingerprint density at radius 3 is 2.40 bits per heavy atom. The molecule has 0 aromatic heterocycles. The summed E-state index contributed by atoms with van der Waals surface area (Å²) in [5.41, 5.74) is 0.443. The van der Waals surface area contributed by atoms with Crippen LogP contribution < -0.4 is 15.4 Å². The van der Waals surface area contributed by atoms with E-state index >= 15 is 0 Å². The molecule has 9 heteroatoms. The number of fused-ring (bicyclic) bond motifs is 5. The van der Waals surface area contributed by atoms with Crippen LogP contribution in [-0.2, 0) is 31.1 Å². The molecular weight excluding hydrogens is 534 g/mol. The number of carbonyl (C=O) groups excluding carboxylic acids is 3. The quantitative estimate of drug-likeness (QED) is 0.498. The van der Waals surface area contributed by atoms with Gasteiger partial charge in [0.05, 0.1) is 20.8 Å². The lowest BCUT2D eigenvalue weighted by Gasteiger charge is -2.35. The number of methoxy groups -OCH3 is 3. The predicted octanol–water partition coefficient (Wildman–Crippen LogP) is 4.93. The van der Waals surface area contributed by atoms with Gasteiger partial charge in [0.25, 0.3) is 0 Å². The molecular formula is C33H47N3O6. The number of carbonyl (C=O) groups is 3. The summed E-state index contributed by atoms with van der Waals surface area (Å²) < 4.78 is 17.1. The number of urea groups is 1. The monoisotopic (exact) mass is 581 g/mol. The number of ether oxygens (including phenoxy) is 3. The van der Waals surface area contributed by atoms with Crippen LogP contribution in [0.25, 0.3) is 10.8 Å². The van der Waals surface area contributed by atoms with E-state index in [1.165, 1.54) is 12.0 Å². The molecule has 0 aliphatic carbocycles. The summed E-state index contributed by atoms with van der Waals surface area (Å²) in [6, 6.07) is 8.21. The molecule has 0 unspecified atom stereocenters. The van der Waals surface area contributed by atoms with Crippen molar-refractivity contribution in [1.82, 2.24) is 15.5 Å². The van der Waals surface area contributed by atoms with E-state index in [0.29, 0.717) is 6.54 Å². The molecule has 1 saturated heterocycles. The van der Waals surface area contributed by atoms with E-state index in [4.69, 9.17) is 14.2 Å². The summed E-state index contributed by atoms with van der Waals surface area (Å²) in [4.78, 5) is 41.9. The molecule has 2 aromatic carbocycles. The second kappa shape index (κ2) is 12.1.